The van der Waals surface area contributed by atoms with Gasteiger partial charge in [-0.15, -0.1) is 0 Å². The summed E-state index contributed by atoms with van der Waals surface area (Å²) in [5.41, 5.74) is 0.328. The number of likely N-dealkylation sites (N-methyl/N-ethyl adjacent to an activating group) is 1. The summed E-state index contributed by atoms with van der Waals surface area (Å²) in [7, 11) is 0. The molecule has 1 aromatic rings. The van der Waals surface area contributed by atoms with Crippen LogP contribution in [-0.4, -0.2) is 41.4 Å². The Morgan fingerprint density at radius 3 is 2.95 bits per heavy atom. The lowest BCUT2D eigenvalue weighted by Gasteiger charge is -2.27. The zero-order valence-corrected chi connectivity index (χ0v) is 10.8. The minimum Gasteiger partial charge on any atom is -0.335 e. The molecular weight excluding hydrogens is 246 g/mol. The molecular formula is C13H17N3O3. The standard InChI is InChI=1S/C13H17N3O3/c1-2-15(12-6-7-14-9-12)13(17)10-4-3-5-11(8-10)16(18)19/h3-5,8,12,14H,2,6-7,9H2,1H3. The maximum atomic E-state index is 12.4. The number of nitro benzene ring substituents is 1. The van der Waals surface area contributed by atoms with Crippen molar-refractivity contribution in [3.8, 4) is 0 Å². The summed E-state index contributed by atoms with van der Waals surface area (Å²) >= 11 is 0. The number of nitrogens with one attached hydrogen (secondary N) is 1. The second-order valence-corrected chi connectivity index (χ2v) is 4.55. The Balaban J connectivity index is 2.21. The molecule has 6 heteroatoms. The van der Waals surface area contributed by atoms with Crippen molar-refractivity contribution in [3.63, 3.8) is 0 Å². The minimum atomic E-state index is -0.482. The van der Waals surface area contributed by atoms with Gasteiger partial charge in [0.05, 0.1) is 4.92 Å². The minimum absolute atomic E-state index is 0.0496. The predicted octanol–water partition coefficient (Wildman–Crippen LogP) is 1.42. The fraction of sp³-hybridized carbons (Fsp3) is 0.462. The molecule has 1 atom stereocenters. The maximum Gasteiger partial charge on any atom is 0.270 e. The third-order valence-corrected chi connectivity index (χ3v) is 3.38. The molecule has 6 nitrogen and oxygen atoms in total. The summed E-state index contributed by atoms with van der Waals surface area (Å²) in [6.07, 6.45) is 0.925. The molecule has 0 aliphatic carbocycles. The van der Waals surface area contributed by atoms with Crippen molar-refractivity contribution < 1.29 is 9.72 Å². The molecule has 1 heterocycles. The molecule has 0 bridgehead atoms. The van der Waals surface area contributed by atoms with Gasteiger partial charge in [-0.1, -0.05) is 6.07 Å². The molecule has 0 radical (unpaired) electrons. The molecule has 0 saturated carbocycles. The Hall–Kier alpha value is -1.95. The van der Waals surface area contributed by atoms with Gasteiger partial charge in [-0.2, -0.15) is 0 Å². The van der Waals surface area contributed by atoms with Gasteiger partial charge in [-0.25, -0.2) is 0 Å². The molecule has 1 aliphatic heterocycles. The highest BCUT2D eigenvalue weighted by atomic mass is 16.6. The van der Waals surface area contributed by atoms with E-state index >= 15 is 0 Å². The van der Waals surface area contributed by atoms with Gasteiger partial charge in [0.2, 0.25) is 0 Å². The van der Waals surface area contributed by atoms with E-state index in [2.05, 4.69) is 5.32 Å². The van der Waals surface area contributed by atoms with Gasteiger partial charge in [0, 0.05) is 36.8 Å². The molecule has 1 aliphatic rings. The van der Waals surface area contributed by atoms with E-state index in [-0.39, 0.29) is 17.6 Å². The Bertz CT molecular complexity index is 484. The van der Waals surface area contributed by atoms with Crippen molar-refractivity contribution in [1.29, 1.82) is 0 Å². The van der Waals surface area contributed by atoms with Crippen molar-refractivity contribution in [2.75, 3.05) is 19.6 Å². The highest BCUT2D eigenvalue weighted by Gasteiger charge is 2.26. The molecule has 1 aromatic carbocycles. The van der Waals surface area contributed by atoms with E-state index in [0.717, 1.165) is 19.5 Å². The largest absolute Gasteiger partial charge is 0.335 e. The van der Waals surface area contributed by atoms with Crippen molar-refractivity contribution >= 4 is 11.6 Å². The van der Waals surface area contributed by atoms with E-state index in [0.29, 0.717) is 12.1 Å². The molecule has 0 spiro atoms. The zero-order chi connectivity index (χ0) is 13.8. The molecule has 0 aromatic heterocycles. The summed E-state index contributed by atoms with van der Waals surface area (Å²) in [5, 5.41) is 14.0. The number of non-ortho nitro benzene ring substituents is 1. The molecule has 1 saturated heterocycles. The van der Waals surface area contributed by atoms with E-state index in [1.54, 1.807) is 17.0 Å². The van der Waals surface area contributed by atoms with Gasteiger partial charge in [-0.05, 0) is 26.0 Å². The van der Waals surface area contributed by atoms with E-state index in [9.17, 15) is 14.9 Å². The van der Waals surface area contributed by atoms with Crippen LogP contribution in [0, 0.1) is 10.1 Å². The first-order valence-electron chi connectivity index (χ1n) is 6.39. The van der Waals surface area contributed by atoms with E-state index in [1.165, 1.54) is 12.1 Å². The van der Waals surface area contributed by atoms with Crippen LogP contribution in [-0.2, 0) is 0 Å². The first-order valence-corrected chi connectivity index (χ1v) is 6.39. The number of rotatable bonds is 4. The van der Waals surface area contributed by atoms with Crippen LogP contribution in [0.4, 0.5) is 5.69 Å². The second-order valence-electron chi connectivity index (χ2n) is 4.55. The quantitative estimate of drug-likeness (QED) is 0.658. The molecule has 1 amide bonds. The number of benzene rings is 1. The maximum absolute atomic E-state index is 12.4. The van der Waals surface area contributed by atoms with Crippen molar-refractivity contribution in [1.82, 2.24) is 10.2 Å². The molecule has 1 N–H and O–H groups in total. The highest BCUT2D eigenvalue weighted by molar-refractivity contribution is 5.95. The van der Waals surface area contributed by atoms with Gasteiger partial charge in [0.1, 0.15) is 0 Å². The van der Waals surface area contributed by atoms with Crippen LogP contribution in [0.3, 0.4) is 0 Å². The second kappa shape index (κ2) is 5.79. The van der Waals surface area contributed by atoms with Crippen LogP contribution in [0.2, 0.25) is 0 Å². The first kappa shape index (κ1) is 13.5. The van der Waals surface area contributed by atoms with E-state index in [4.69, 9.17) is 0 Å². The Kier molecular flexibility index (Phi) is 4.11. The number of carbonyl (C=O) groups excluding carboxylic acids is 1. The van der Waals surface area contributed by atoms with Gasteiger partial charge in [0.15, 0.2) is 0 Å². The van der Waals surface area contributed by atoms with E-state index in [1.807, 2.05) is 6.92 Å². The van der Waals surface area contributed by atoms with Gasteiger partial charge in [0.25, 0.3) is 11.6 Å². The van der Waals surface area contributed by atoms with Gasteiger partial charge in [-0.3, -0.25) is 14.9 Å². The third kappa shape index (κ3) is 2.90. The monoisotopic (exact) mass is 263 g/mol. The summed E-state index contributed by atoms with van der Waals surface area (Å²) in [4.78, 5) is 24.5. The Morgan fingerprint density at radius 2 is 2.37 bits per heavy atom. The van der Waals surface area contributed by atoms with Crippen molar-refractivity contribution in [2.24, 2.45) is 0 Å². The molecule has 1 fully saturated rings. The molecule has 19 heavy (non-hydrogen) atoms. The average molecular weight is 263 g/mol. The fourth-order valence-corrected chi connectivity index (χ4v) is 2.39. The summed E-state index contributed by atoms with van der Waals surface area (Å²) < 4.78 is 0. The van der Waals surface area contributed by atoms with Crippen LogP contribution < -0.4 is 5.32 Å². The number of amides is 1. The average Bonchev–Trinajstić information content (AvgIpc) is 2.93. The number of nitro groups is 1. The summed E-state index contributed by atoms with van der Waals surface area (Å²) in [6.45, 7) is 4.22. The summed E-state index contributed by atoms with van der Waals surface area (Å²) in [5.74, 6) is -0.139. The lowest BCUT2D eigenvalue weighted by Crippen LogP contribution is -2.41. The first-order chi connectivity index (χ1) is 9.13. The van der Waals surface area contributed by atoms with Gasteiger partial charge < -0.3 is 10.2 Å². The normalized spacial score (nSPS) is 18.3. The van der Waals surface area contributed by atoms with E-state index < -0.39 is 4.92 Å². The van der Waals surface area contributed by atoms with Crippen LogP contribution in [0.15, 0.2) is 24.3 Å². The van der Waals surface area contributed by atoms with Crippen LogP contribution in [0.25, 0.3) is 0 Å². The molecule has 102 valence electrons. The third-order valence-electron chi connectivity index (χ3n) is 3.38. The predicted molar refractivity (Wildman–Crippen MR) is 71.1 cm³/mol. The van der Waals surface area contributed by atoms with Crippen LogP contribution in [0.5, 0.6) is 0 Å². The SMILES string of the molecule is CCN(C(=O)c1cccc([N+](=O)[O-])c1)C1CCNC1. The topological polar surface area (TPSA) is 75.5 Å². The lowest BCUT2D eigenvalue weighted by atomic mass is 10.1. The van der Waals surface area contributed by atoms with Crippen molar-refractivity contribution in [2.45, 2.75) is 19.4 Å². The fourth-order valence-electron chi connectivity index (χ4n) is 2.39. The van der Waals surface area contributed by atoms with Gasteiger partial charge >= 0.3 is 0 Å². The molecule has 1 unspecified atom stereocenters. The van der Waals surface area contributed by atoms with Crippen molar-refractivity contribution in [3.05, 3.63) is 39.9 Å². The van der Waals surface area contributed by atoms with Crippen LogP contribution >= 0.6 is 0 Å². The summed E-state index contributed by atoms with van der Waals surface area (Å²) in [6, 6.07) is 6.08. The number of carbonyl (C=O) groups is 1. The number of nitrogens with zero attached hydrogens (tertiary/aromatic N) is 2. The highest BCUT2D eigenvalue weighted by Crippen LogP contribution is 2.17. The zero-order valence-electron chi connectivity index (χ0n) is 10.8. The Labute approximate surface area is 111 Å². The lowest BCUT2D eigenvalue weighted by molar-refractivity contribution is -0.384. The smallest absolute Gasteiger partial charge is 0.270 e. The number of hydrogen-bond donors (Lipinski definition) is 1. The number of hydrogen-bond acceptors (Lipinski definition) is 4. The Morgan fingerprint density at radius 1 is 1.58 bits per heavy atom. The van der Waals surface area contributed by atoms with Crippen LogP contribution in [0.1, 0.15) is 23.7 Å². The molecule has 2 rings (SSSR count).